The quantitative estimate of drug-likeness (QED) is 0.259. The number of nitrogens with zero attached hydrogens (tertiary/aromatic N) is 2. The molecule has 39 heavy (non-hydrogen) atoms. The summed E-state index contributed by atoms with van der Waals surface area (Å²) in [5, 5.41) is 3.37. The van der Waals surface area contributed by atoms with Crippen LogP contribution in [0.4, 0.5) is 0 Å². The zero-order valence-corrected chi connectivity index (χ0v) is 25.2. The van der Waals surface area contributed by atoms with Crippen LogP contribution in [-0.2, 0) is 32.6 Å². The van der Waals surface area contributed by atoms with Gasteiger partial charge in [0.15, 0.2) is 0 Å². The number of halogens is 2. The Bertz CT molecular complexity index is 1340. The fourth-order valence-corrected chi connectivity index (χ4v) is 5.51. The Balaban J connectivity index is 1.94. The first kappa shape index (κ1) is 30.8. The third-order valence-electron chi connectivity index (χ3n) is 6.25. The van der Waals surface area contributed by atoms with Crippen molar-refractivity contribution >= 4 is 49.4 Å². The van der Waals surface area contributed by atoms with E-state index < -0.39 is 28.5 Å². The maximum absolute atomic E-state index is 13.8. The van der Waals surface area contributed by atoms with Crippen molar-refractivity contribution in [1.29, 1.82) is 0 Å². The van der Waals surface area contributed by atoms with Gasteiger partial charge in [0.05, 0.1) is 11.4 Å². The monoisotopic (exact) mass is 633 g/mol. The predicted octanol–water partition coefficient (Wildman–Crippen LogP) is 5.28. The Morgan fingerprint density at radius 2 is 1.59 bits per heavy atom. The molecule has 1 atom stereocenters. The van der Waals surface area contributed by atoms with Crippen LogP contribution in [-0.4, -0.2) is 55.6 Å². The molecular formula is C29H33BrClN3O4S. The number of nitrogens with one attached hydrogen (secondary N) is 1. The van der Waals surface area contributed by atoms with E-state index in [0.717, 1.165) is 32.7 Å². The smallest absolute Gasteiger partial charge is 0.243 e. The molecular weight excluding hydrogens is 602 g/mol. The van der Waals surface area contributed by atoms with Crippen LogP contribution >= 0.6 is 27.5 Å². The number of unbranched alkanes of at least 4 members (excludes halogenated alkanes) is 1. The molecule has 0 heterocycles. The molecule has 0 radical (unpaired) electrons. The fourth-order valence-electron chi connectivity index (χ4n) is 4.00. The second-order valence-corrected chi connectivity index (χ2v) is 12.6. The number of rotatable bonds is 13. The minimum absolute atomic E-state index is 0.0276. The molecule has 0 aliphatic heterocycles. The molecule has 1 unspecified atom stereocenters. The van der Waals surface area contributed by atoms with Crippen molar-refractivity contribution in [2.24, 2.45) is 0 Å². The topological polar surface area (TPSA) is 86.8 Å². The summed E-state index contributed by atoms with van der Waals surface area (Å²) in [6, 6.07) is 21.9. The molecule has 208 valence electrons. The van der Waals surface area contributed by atoms with E-state index in [0.29, 0.717) is 11.6 Å². The second kappa shape index (κ2) is 14.6. The summed E-state index contributed by atoms with van der Waals surface area (Å²) in [6.07, 6.45) is 2.01. The molecule has 0 aliphatic carbocycles. The molecule has 1 N–H and O–H groups in total. The number of carbonyl (C=O) groups is 2. The summed E-state index contributed by atoms with van der Waals surface area (Å²) in [6.45, 7) is 2.23. The first-order valence-electron chi connectivity index (χ1n) is 12.7. The van der Waals surface area contributed by atoms with Crippen LogP contribution in [0.15, 0.2) is 88.2 Å². The molecule has 2 amide bonds. The van der Waals surface area contributed by atoms with E-state index in [4.69, 9.17) is 11.6 Å². The van der Waals surface area contributed by atoms with Crippen molar-refractivity contribution in [2.45, 2.75) is 43.7 Å². The highest BCUT2D eigenvalue weighted by atomic mass is 79.9. The van der Waals surface area contributed by atoms with Crippen molar-refractivity contribution < 1.29 is 18.0 Å². The van der Waals surface area contributed by atoms with Gasteiger partial charge in [0.2, 0.25) is 21.8 Å². The van der Waals surface area contributed by atoms with Gasteiger partial charge in [0, 0.05) is 36.1 Å². The zero-order chi connectivity index (χ0) is 28.4. The number of hydrogen-bond donors (Lipinski definition) is 1. The van der Waals surface area contributed by atoms with Crippen LogP contribution < -0.4 is 5.32 Å². The van der Waals surface area contributed by atoms with Crippen LogP contribution in [0.2, 0.25) is 5.02 Å². The Morgan fingerprint density at radius 3 is 2.21 bits per heavy atom. The molecule has 0 aliphatic rings. The van der Waals surface area contributed by atoms with Gasteiger partial charge in [-0.3, -0.25) is 9.59 Å². The Labute approximate surface area is 244 Å². The first-order chi connectivity index (χ1) is 18.6. The van der Waals surface area contributed by atoms with Gasteiger partial charge in [-0.15, -0.1) is 0 Å². The van der Waals surface area contributed by atoms with E-state index >= 15 is 0 Å². The standard InChI is InChI=1S/C29H33BrClN3O4S/c1-3-4-18-32-29(36)27(19-22-8-6-5-7-9-22)34(20-23-10-12-24(30)13-11-23)28(35)21-33(2)39(37,38)26-16-14-25(31)15-17-26/h5-17,27H,3-4,18-21H2,1-2H3,(H,32,36). The molecule has 10 heteroatoms. The van der Waals surface area contributed by atoms with Crippen LogP contribution in [0.1, 0.15) is 30.9 Å². The summed E-state index contributed by atoms with van der Waals surface area (Å²) >= 11 is 9.35. The highest BCUT2D eigenvalue weighted by Crippen LogP contribution is 2.20. The minimum Gasteiger partial charge on any atom is -0.354 e. The number of amides is 2. The third kappa shape index (κ3) is 8.89. The summed E-state index contributed by atoms with van der Waals surface area (Å²) in [4.78, 5) is 28.8. The highest BCUT2D eigenvalue weighted by molar-refractivity contribution is 9.10. The molecule has 0 bridgehead atoms. The van der Waals surface area contributed by atoms with Gasteiger partial charge >= 0.3 is 0 Å². The normalized spacial score (nSPS) is 12.2. The maximum atomic E-state index is 13.8. The zero-order valence-electron chi connectivity index (χ0n) is 22.0. The van der Waals surface area contributed by atoms with E-state index in [2.05, 4.69) is 21.2 Å². The Hall–Kier alpha value is -2.72. The van der Waals surface area contributed by atoms with Crippen LogP contribution in [0, 0.1) is 0 Å². The SMILES string of the molecule is CCCCNC(=O)C(Cc1ccccc1)N(Cc1ccc(Br)cc1)C(=O)CN(C)S(=O)(=O)c1ccc(Cl)cc1. The Kier molecular flexibility index (Phi) is 11.5. The second-order valence-electron chi connectivity index (χ2n) is 9.21. The summed E-state index contributed by atoms with van der Waals surface area (Å²) in [5.74, 6) is -0.759. The van der Waals surface area contributed by atoms with Gasteiger partial charge in [-0.2, -0.15) is 4.31 Å². The number of likely N-dealkylation sites (N-methyl/N-ethyl adjacent to an activating group) is 1. The van der Waals surface area contributed by atoms with Gasteiger partial charge in [0.25, 0.3) is 0 Å². The molecule has 0 aromatic heterocycles. The molecule has 3 aromatic carbocycles. The summed E-state index contributed by atoms with van der Waals surface area (Å²) in [5.41, 5.74) is 1.71. The molecule has 0 spiro atoms. The average molecular weight is 635 g/mol. The van der Waals surface area contributed by atoms with Gasteiger partial charge in [0.1, 0.15) is 6.04 Å². The maximum Gasteiger partial charge on any atom is 0.243 e. The molecule has 0 saturated heterocycles. The minimum atomic E-state index is -3.96. The van der Waals surface area contributed by atoms with Crippen LogP contribution in [0.25, 0.3) is 0 Å². The van der Waals surface area contributed by atoms with E-state index in [1.165, 1.54) is 36.2 Å². The van der Waals surface area contributed by atoms with Crippen LogP contribution in [0.3, 0.4) is 0 Å². The lowest BCUT2D eigenvalue weighted by atomic mass is 10.0. The van der Waals surface area contributed by atoms with Crippen molar-refractivity contribution in [3.05, 3.63) is 99.5 Å². The van der Waals surface area contributed by atoms with E-state index in [-0.39, 0.29) is 23.8 Å². The van der Waals surface area contributed by atoms with Crippen molar-refractivity contribution in [1.82, 2.24) is 14.5 Å². The molecule has 0 saturated carbocycles. The summed E-state index contributed by atoms with van der Waals surface area (Å²) < 4.78 is 28.3. The molecule has 7 nitrogen and oxygen atoms in total. The lowest BCUT2D eigenvalue weighted by Gasteiger charge is -2.32. The van der Waals surface area contributed by atoms with Crippen molar-refractivity contribution in [3.63, 3.8) is 0 Å². The third-order valence-corrected chi connectivity index (χ3v) is 8.84. The Morgan fingerprint density at radius 1 is 0.949 bits per heavy atom. The van der Waals surface area contributed by atoms with Gasteiger partial charge in [-0.25, -0.2) is 8.42 Å². The van der Waals surface area contributed by atoms with Crippen LogP contribution in [0.5, 0.6) is 0 Å². The molecule has 0 fully saturated rings. The number of benzene rings is 3. The average Bonchev–Trinajstić information content (AvgIpc) is 2.92. The molecule has 3 aromatic rings. The number of hydrogen-bond acceptors (Lipinski definition) is 4. The fraction of sp³-hybridized carbons (Fsp3) is 0.310. The predicted molar refractivity (Wildman–Crippen MR) is 158 cm³/mol. The number of sulfonamides is 1. The first-order valence-corrected chi connectivity index (χ1v) is 15.3. The van der Waals surface area contributed by atoms with E-state index in [9.17, 15) is 18.0 Å². The van der Waals surface area contributed by atoms with Gasteiger partial charge < -0.3 is 10.2 Å². The molecule has 3 rings (SSSR count). The van der Waals surface area contributed by atoms with E-state index in [1.54, 1.807) is 0 Å². The largest absolute Gasteiger partial charge is 0.354 e. The van der Waals surface area contributed by atoms with Gasteiger partial charge in [-0.05, 0) is 53.9 Å². The highest BCUT2D eigenvalue weighted by Gasteiger charge is 2.33. The summed E-state index contributed by atoms with van der Waals surface area (Å²) in [7, 11) is -2.61. The number of carbonyl (C=O) groups excluding carboxylic acids is 2. The van der Waals surface area contributed by atoms with E-state index in [1.807, 2.05) is 61.5 Å². The lowest BCUT2D eigenvalue weighted by Crippen LogP contribution is -2.53. The van der Waals surface area contributed by atoms with Crippen molar-refractivity contribution in [3.8, 4) is 0 Å². The van der Waals surface area contributed by atoms with Crippen molar-refractivity contribution in [2.75, 3.05) is 20.1 Å². The van der Waals surface area contributed by atoms with Gasteiger partial charge in [-0.1, -0.05) is 83.3 Å². The lowest BCUT2D eigenvalue weighted by molar-refractivity contribution is -0.141.